The molecular weight excluding hydrogens is 333 g/mol. The fourth-order valence-corrected chi connectivity index (χ4v) is 7.30. The van der Waals surface area contributed by atoms with Crippen LogP contribution in [0.4, 0.5) is 0 Å². The lowest BCUT2D eigenvalue weighted by Crippen LogP contribution is -2.03. The fraction of sp³-hybridized carbons (Fsp3) is 1.00. The van der Waals surface area contributed by atoms with Crippen molar-refractivity contribution in [3.05, 3.63) is 0 Å². The fourth-order valence-electron chi connectivity index (χ4n) is 0.924. The molecule has 0 aromatic rings. The van der Waals surface area contributed by atoms with Gasteiger partial charge in [0.2, 0.25) is 0 Å². The van der Waals surface area contributed by atoms with E-state index in [2.05, 4.69) is 0 Å². The molecule has 0 aromatic carbocycles. The van der Waals surface area contributed by atoms with Crippen molar-refractivity contribution >= 4 is 46.9 Å². The third-order valence-electron chi connectivity index (χ3n) is 1.35. The predicted octanol–water partition coefficient (Wildman–Crippen LogP) is 3.66. The molecule has 0 aliphatic heterocycles. The summed E-state index contributed by atoms with van der Waals surface area (Å²) in [5.74, 6) is 0. The highest BCUT2D eigenvalue weighted by Crippen LogP contribution is 2.66. The first-order valence-corrected chi connectivity index (χ1v) is 10.6. The zero-order valence-corrected chi connectivity index (χ0v) is 16.1. The topological polar surface area (TPSA) is 46.2 Å². The van der Waals surface area contributed by atoms with Gasteiger partial charge in [-0.15, -0.1) is 0 Å². The van der Waals surface area contributed by atoms with Gasteiger partial charge in [-0.3, -0.25) is 0 Å². The molecule has 0 aromatic heterocycles. The van der Waals surface area contributed by atoms with Gasteiger partial charge in [0.25, 0.3) is 0 Å². The van der Waals surface area contributed by atoms with E-state index >= 15 is 0 Å². The van der Waals surface area contributed by atoms with Crippen LogP contribution in [0.1, 0.15) is 27.7 Å². The summed E-state index contributed by atoms with van der Waals surface area (Å²) in [6.07, 6.45) is 0. The Morgan fingerprint density at radius 1 is 0.667 bits per heavy atom. The van der Waals surface area contributed by atoms with E-state index in [0.717, 1.165) is 0 Å². The van der Waals surface area contributed by atoms with Crippen LogP contribution in [0.25, 0.3) is 0 Å². The summed E-state index contributed by atoms with van der Waals surface area (Å²) in [5, 5.41) is 0. The molecule has 0 saturated heterocycles. The van der Waals surface area contributed by atoms with Gasteiger partial charge in [-0.1, -0.05) is 0 Å². The van der Waals surface area contributed by atoms with Crippen molar-refractivity contribution < 1.29 is 22.4 Å². The molecule has 18 heavy (non-hydrogen) atoms. The quantitative estimate of drug-likeness (QED) is 0.554. The Hall–Kier alpha value is 1.53. The minimum Gasteiger partial charge on any atom is -0.309 e. The normalized spacial score (nSPS) is 12.2. The van der Waals surface area contributed by atoms with Crippen LogP contribution in [0, 0.1) is 0 Å². The van der Waals surface area contributed by atoms with Gasteiger partial charge in [0, 0.05) is 0 Å². The van der Waals surface area contributed by atoms with Gasteiger partial charge in [0.05, 0.1) is 26.4 Å². The van der Waals surface area contributed by atoms with Gasteiger partial charge >= 0.3 is 13.4 Å². The molecule has 0 saturated carbocycles. The van der Waals surface area contributed by atoms with E-state index < -0.39 is 13.4 Å². The zero-order chi connectivity index (χ0) is 13.4. The second-order valence-corrected chi connectivity index (χ2v) is 8.81. The van der Waals surface area contributed by atoms with Crippen LogP contribution < -0.4 is 0 Å². The second-order valence-electron chi connectivity index (χ2n) is 2.65. The predicted molar refractivity (Wildman–Crippen MR) is 87.3 cm³/mol. The van der Waals surface area contributed by atoms with E-state index in [1.807, 2.05) is 27.7 Å². The lowest BCUT2D eigenvalue weighted by Gasteiger charge is -2.27. The summed E-state index contributed by atoms with van der Waals surface area (Å²) in [4.78, 5) is 0. The molecule has 0 rings (SSSR count). The summed E-state index contributed by atoms with van der Waals surface area (Å²) >= 11 is 10.4. The first-order chi connectivity index (χ1) is 7.95. The van der Waals surface area contributed by atoms with Crippen molar-refractivity contribution in [2.75, 3.05) is 26.4 Å². The lowest BCUT2D eigenvalue weighted by atomic mass is 10.9. The molecule has 0 fully saturated rings. The Morgan fingerprint density at radius 3 is 1.06 bits per heavy atom. The van der Waals surface area contributed by atoms with Crippen molar-refractivity contribution in [1.29, 1.82) is 0 Å². The smallest absolute Gasteiger partial charge is 0.309 e. The van der Waals surface area contributed by atoms with E-state index in [4.69, 9.17) is 46.0 Å². The Bertz CT molecular complexity index is 254. The average Bonchev–Trinajstić information content (AvgIpc) is 2.17. The van der Waals surface area contributed by atoms with Crippen LogP contribution in [0.2, 0.25) is 0 Å². The molecule has 5 nitrogen and oxygen atoms in total. The molecule has 0 spiro atoms. The largest absolute Gasteiger partial charge is 0.334 e. The number of hydrogen-bond acceptors (Lipinski definition) is 7. The molecule has 0 heterocycles. The summed E-state index contributed by atoms with van der Waals surface area (Å²) in [6.45, 7) is 3.09. The highest BCUT2D eigenvalue weighted by Gasteiger charge is 2.31. The zero-order valence-electron chi connectivity index (χ0n) is 11.3. The third-order valence-corrected chi connectivity index (χ3v) is 7.71. The van der Waals surface area contributed by atoms with E-state index in [9.17, 15) is 0 Å². The second kappa shape index (κ2) is 11.2. The first-order valence-electron chi connectivity index (χ1n) is 5.44. The summed E-state index contributed by atoms with van der Waals surface area (Å²) in [7, 11) is 0. The molecule has 0 aliphatic carbocycles. The molecular formula is C8H23O5P3S2. The molecule has 0 aliphatic rings. The molecule has 10 heteroatoms. The number of rotatable bonds is 10. The monoisotopic (exact) mass is 356 g/mol. The Kier molecular flexibility index (Phi) is 13.6. The Balaban J connectivity index is 0. The Labute approximate surface area is 123 Å². The van der Waals surface area contributed by atoms with Gasteiger partial charge in [-0.05, 0) is 51.3 Å². The van der Waals surface area contributed by atoms with E-state index in [-0.39, 0.29) is 9.90 Å². The molecule has 112 valence electrons. The highest BCUT2D eigenvalue weighted by atomic mass is 32.5. The van der Waals surface area contributed by atoms with Crippen LogP contribution in [0.3, 0.4) is 0 Å². The maximum absolute atomic E-state index is 5.55. The van der Waals surface area contributed by atoms with Crippen molar-refractivity contribution in [2.45, 2.75) is 27.7 Å². The summed E-state index contributed by atoms with van der Waals surface area (Å²) in [6, 6.07) is 0. The summed E-state index contributed by atoms with van der Waals surface area (Å²) in [5.41, 5.74) is 0. The van der Waals surface area contributed by atoms with Gasteiger partial charge in [0.15, 0.2) is 0 Å². The molecule has 0 amide bonds. The Morgan fingerprint density at radius 2 is 0.889 bits per heavy atom. The standard InChI is InChI=1S/C8H20O5P2S2.H3P/c1-5-9-14(16,10-6-2)13-15(17,11-7-3)12-8-4;/h5-8H2,1-4H3;1H3. The van der Waals surface area contributed by atoms with Crippen LogP contribution >= 0.6 is 23.3 Å². The van der Waals surface area contributed by atoms with Crippen LogP contribution in [-0.2, 0) is 46.0 Å². The SMILES string of the molecule is CCOP(=S)(OCC)OP(=S)(OCC)OCC.P. The van der Waals surface area contributed by atoms with Crippen LogP contribution in [0.5, 0.6) is 0 Å². The van der Waals surface area contributed by atoms with Crippen molar-refractivity contribution in [2.24, 2.45) is 0 Å². The van der Waals surface area contributed by atoms with Gasteiger partial charge < -0.3 is 18.1 Å². The van der Waals surface area contributed by atoms with Crippen LogP contribution in [0.15, 0.2) is 0 Å². The van der Waals surface area contributed by atoms with Crippen molar-refractivity contribution in [3.63, 3.8) is 0 Å². The average molecular weight is 356 g/mol. The van der Waals surface area contributed by atoms with E-state index in [1.54, 1.807) is 0 Å². The molecule has 0 bridgehead atoms. The summed E-state index contributed by atoms with van der Waals surface area (Å²) < 4.78 is 26.9. The molecule has 1 unspecified atom stereocenters. The minimum absolute atomic E-state index is 0. The van der Waals surface area contributed by atoms with Gasteiger partial charge in [-0.2, -0.15) is 9.90 Å². The maximum atomic E-state index is 5.55. The van der Waals surface area contributed by atoms with Gasteiger partial charge in [-0.25, -0.2) is 4.31 Å². The third kappa shape index (κ3) is 8.65. The maximum Gasteiger partial charge on any atom is 0.334 e. The number of hydrogen-bond donors (Lipinski definition) is 0. The van der Waals surface area contributed by atoms with E-state index in [0.29, 0.717) is 26.4 Å². The first kappa shape index (κ1) is 21.8. The van der Waals surface area contributed by atoms with Crippen LogP contribution in [-0.4, -0.2) is 26.4 Å². The van der Waals surface area contributed by atoms with Crippen molar-refractivity contribution in [1.82, 2.24) is 0 Å². The molecule has 0 N–H and O–H groups in total. The van der Waals surface area contributed by atoms with Gasteiger partial charge in [0.1, 0.15) is 0 Å². The van der Waals surface area contributed by atoms with Crippen molar-refractivity contribution in [3.8, 4) is 0 Å². The molecule has 0 radical (unpaired) electrons. The highest BCUT2D eigenvalue weighted by molar-refractivity contribution is 8.14. The van der Waals surface area contributed by atoms with E-state index in [1.165, 1.54) is 0 Å². The molecule has 1 atom stereocenters. The minimum atomic E-state index is -2.87. The lowest BCUT2D eigenvalue weighted by molar-refractivity contribution is 0.176.